The zero-order chi connectivity index (χ0) is 34.2. The lowest BCUT2D eigenvalue weighted by Crippen LogP contribution is -2.35. The number of nitrogens with zero attached hydrogens (tertiary/aromatic N) is 3. The maximum atomic E-state index is 13.4. The van der Waals surface area contributed by atoms with E-state index in [2.05, 4.69) is 54.3 Å². The average molecular weight is 686 g/mol. The monoisotopic (exact) mass is 685 g/mol. The fourth-order valence-electron chi connectivity index (χ4n) is 7.38. The predicted octanol–water partition coefficient (Wildman–Crippen LogP) is 9.35. The van der Waals surface area contributed by atoms with Crippen LogP contribution in [0.4, 0.5) is 8.78 Å². The number of benzene rings is 4. The first-order valence-electron chi connectivity index (χ1n) is 16.7. The van der Waals surface area contributed by atoms with Crippen LogP contribution in [0.3, 0.4) is 0 Å². The summed E-state index contributed by atoms with van der Waals surface area (Å²) in [4.78, 5) is 20.7. The maximum absolute atomic E-state index is 13.4. The molecule has 1 N–H and O–H groups in total. The second-order valence-corrected chi connectivity index (χ2v) is 13.4. The lowest BCUT2D eigenvalue weighted by Gasteiger charge is -2.22. The minimum atomic E-state index is -3.05. The van der Waals surface area contributed by atoms with E-state index in [1.54, 1.807) is 11.0 Å². The van der Waals surface area contributed by atoms with Crippen LogP contribution in [0.25, 0.3) is 44.8 Å². The third kappa shape index (κ3) is 6.80. The predicted molar refractivity (Wildman–Crippen MR) is 187 cm³/mol. The number of carboxylic acid groups (broad SMARTS) is 1. The smallest absolute Gasteiger partial charge is 0.387 e. The summed E-state index contributed by atoms with van der Waals surface area (Å²) in [6.07, 6.45) is 3.70. The number of fused-ring (bicyclic) bond motifs is 1. The maximum Gasteiger partial charge on any atom is 0.387 e. The van der Waals surface area contributed by atoms with E-state index < -0.39 is 18.6 Å². The van der Waals surface area contributed by atoms with Crippen molar-refractivity contribution in [1.82, 2.24) is 14.8 Å². The largest absolute Gasteiger partial charge is 0.480 e. The molecule has 2 fully saturated rings. The fourth-order valence-corrected chi connectivity index (χ4v) is 7.62. The number of alkyl halides is 2. The number of hydrogen-bond donors (Lipinski definition) is 1. The number of likely N-dealkylation sites (tertiary alicyclic amines) is 2. The Morgan fingerprint density at radius 3 is 2.31 bits per heavy atom. The Balaban J connectivity index is 1.21. The molecular weight excluding hydrogens is 648 g/mol. The van der Waals surface area contributed by atoms with Crippen LogP contribution in [0.15, 0.2) is 71.1 Å². The van der Waals surface area contributed by atoms with Gasteiger partial charge in [0.1, 0.15) is 17.3 Å². The quantitative estimate of drug-likeness (QED) is 0.157. The van der Waals surface area contributed by atoms with E-state index in [4.69, 9.17) is 25.7 Å². The third-order valence-electron chi connectivity index (χ3n) is 9.95. The van der Waals surface area contributed by atoms with Crippen LogP contribution >= 0.6 is 11.6 Å². The van der Waals surface area contributed by atoms with Gasteiger partial charge in [0, 0.05) is 35.3 Å². The molecule has 0 bridgehead atoms. The van der Waals surface area contributed by atoms with Gasteiger partial charge in [-0.3, -0.25) is 14.6 Å². The number of aromatic nitrogens is 1. The van der Waals surface area contributed by atoms with Gasteiger partial charge in [-0.05, 0) is 116 Å². The van der Waals surface area contributed by atoms with Gasteiger partial charge in [0.15, 0.2) is 5.58 Å². The fraction of sp³-hybridized carbons (Fsp3) is 0.333. The highest BCUT2D eigenvalue weighted by molar-refractivity contribution is 6.31. The topological polar surface area (TPSA) is 79.0 Å². The third-order valence-corrected chi connectivity index (χ3v) is 10.3. The van der Waals surface area contributed by atoms with E-state index in [0.717, 1.165) is 75.6 Å². The highest BCUT2D eigenvalue weighted by Gasteiger charge is 2.31. The van der Waals surface area contributed by atoms with Gasteiger partial charge in [-0.25, -0.2) is 4.98 Å². The Morgan fingerprint density at radius 1 is 0.918 bits per heavy atom. The first-order chi connectivity index (χ1) is 23.7. The van der Waals surface area contributed by atoms with Crippen LogP contribution in [0.2, 0.25) is 5.02 Å². The summed E-state index contributed by atoms with van der Waals surface area (Å²) >= 11 is 6.80. The Labute approximate surface area is 289 Å². The van der Waals surface area contributed by atoms with Crippen LogP contribution in [0, 0.1) is 13.8 Å². The van der Waals surface area contributed by atoms with Crippen molar-refractivity contribution in [3.05, 3.63) is 94.0 Å². The minimum Gasteiger partial charge on any atom is -0.480 e. The zero-order valence-electron chi connectivity index (χ0n) is 27.5. The van der Waals surface area contributed by atoms with Crippen molar-refractivity contribution in [2.75, 3.05) is 19.6 Å². The number of halogens is 3. The number of oxazole rings is 1. The number of aliphatic carboxylic acids is 1. The summed E-state index contributed by atoms with van der Waals surface area (Å²) in [5, 5.41) is 10.4. The molecule has 2 saturated heterocycles. The van der Waals surface area contributed by atoms with Crippen molar-refractivity contribution in [2.45, 2.75) is 65.3 Å². The first-order valence-corrected chi connectivity index (χ1v) is 17.1. The number of carbonyl (C=O) groups is 1. The van der Waals surface area contributed by atoms with E-state index >= 15 is 0 Å². The number of ether oxygens (including phenoxy) is 1. The molecule has 0 aliphatic carbocycles. The molecule has 3 heterocycles. The van der Waals surface area contributed by atoms with Gasteiger partial charge >= 0.3 is 12.6 Å². The van der Waals surface area contributed by atoms with Crippen molar-refractivity contribution in [3.8, 4) is 39.5 Å². The molecule has 0 radical (unpaired) electrons. The molecule has 1 unspecified atom stereocenters. The number of hydrogen-bond acceptors (Lipinski definition) is 6. The summed E-state index contributed by atoms with van der Waals surface area (Å²) in [6, 6.07) is 21.0. The van der Waals surface area contributed by atoms with E-state index in [0.29, 0.717) is 35.5 Å². The van der Waals surface area contributed by atoms with Gasteiger partial charge in [-0.15, -0.1) is 0 Å². The van der Waals surface area contributed by atoms with E-state index in [9.17, 15) is 18.7 Å². The molecule has 1 atom stereocenters. The highest BCUT2D eigenvalue weighted by Crippen LogP contribution is 2.39. The van der Waals surface area contributed by atoms with Crippen LogP contribution in [-0.4, -0.2) is 58.1 Å². The van der Waals surface area contributed by atoms with Crippen LogP contribution < -0.4 is 4.74 Å². The minimum absolute atomic E-state index is 0.0525. The molecule has 7 nitrogen and oxygen atoms in total. The van der Waals surface area contributed by atoms with E-state index in [-0.39, 0.29) is 12.3 Å². The number of carboxylic acids is 1. The van der Waals surface area contributed by atoms with Crippen molar-refractivity contribution >= 4 is 28.7 Å². The highest BCUT2D eigenvalue weighted by atomic mass is 35.5. The van der Waals surface area contributed by atoms with Gasteiger partial charge in [0.2, 0.25) is 5.89 Å². The van der Waals surface area contributed by atoms with Crippen molar-refractivity contribution < 1.29 is 27.8 Å². The summed E-state index contributed by atoms with van der Waals surface area (Å²) in [5.74, 6) is -0.624. The molecule has 0 amide bonds. The molecule has 2 aliphatic rings. The lowest BCUT2D eigenvalue weighted by atomic mass is 9.89. The second-order valence-electron chi connectivity index (χ2n) is 13.0. The summed E-state index contributed by atoms with van der Waals surface area (Å²) < 4.78 is 37.9. The standard InChI is InChI=1S/C39H38ClF2N3O4/c1-23-28(25-13-14-26(32(40)18-25)21-44-15-3-4-16-44)8-5-9-29(23)30-10-6-11-31(24(30)2)37-43-33-19-27(22-45-17-7-12-34(45)38(46)47)35(49-39(41)42)20-36(33)48-37/h5-6,8-11,13-14,18-20,34,39H,3-4,7,12,15-17,21-22H2,1-2H3,(H,46,47). The molecule has 0 saturated carbocycles. The van der Waals surface area contributed by atoms with Crippen LogP contribution in [0.5, 0.6) is 5.75 Å². The SMILES string of the molecule is Cc1c(-c2ccc(CN3CCCC3)c(Cl)c2)cccc1-c1cccc(-c2nc3cc(CN4CCCC4C(=O)O)c(OC(F)F)cc3o2)c1C. The van der Waals surface area contributed by atoms with Gasteiger partial charge < -0.3 is 14.3 Å². The molecule has 0 spiro atoms. The first kappa shape index (κ1) is 33.2. The van der Waals surface area contributed by atoms with Crippen molar-refractivity contribution in [1.29, 1.82) is 0 Å². The van der Waals surface area contributed by atoms with E-state index in [1.807, 2.05) is 19.1 Å². The van der Waals surface area contributed by atoms with Gasteiger partial charge in [0.05, 0.1) is 0 Å². The van der Waals surface area contributed by atoms with Crippen molar-refractivity contribution in [2.24, 2.45) is 0 Å². The molecule has 49 heavy (non-hydrogen) atoms. The van der Waals surface area contributed by atoms with Gasteiger partial charge in [0.25, 0.3) is 0 Å². The molecule has 5 aromatic rings. The van der Waals surface area contributed by atoms with Crippen LogP contribution in [-0.2, 0) is 17.9 Å². The molecule has 254 valence electrons. The van der Waals surface area contributed by atoms with Crippen LogP contribution in [0.1, 0.15) is 47.9 Å². The molecule has 10 heteroatoms. The Kier molecular flexibility index (Phi) is 9.42. The number of rotatable bonds is 10. The average Bonchev–Trinajstić information content (AvgIpc) is 3.84. The summed E-state index contributed by atoms with van der Waals surface area (Å²) in [7, 11) is 0. The van der Waals surface area contributed by atoms with Gasteiger partial charge in [-0.2, -0.15) is 8.78 Å². The second kappa shape index (κ2) is 13.9. The Morgan fingerprint density at radius 2 is 1.61 bits per heavy atom. The normalized spacial score (nSPS) is 17.1. The molecule has 4 aromatic carbocycles. The zero-order valence-corrected chi connectivity index (χ0v) is 28.3. The lowest BCUT2D eigenvalue weighted by molar-refractivity contribution is -0.142. The molecular formula is C39H38ClF2N3O4. The van der Waals surface area contributed by atoms with Gasteiger partial charge in [-0.1, -0.05) is 54.1 Å². The summed E-state index contributed by atoms with van der Waals surface area (Å²) in [6.45, 7) is 4.88. The molecule has 1 aromatic heterocycles. The summed E-state index contributed by atoms with van der Waals surface area (Å²) in [5.41, 5.74) is 9.45. The Bertz CT molecular complexity index is 2020. The molecule has 7 rings (SSSR count). The van der Waals surface area contributed by atoms with Crippen molar-refractivity contribution in [3.63, 3.8) is 0 Å². The Hall–Kier alpha value is -4.31. The van der Waals surface area contributed by atoms with E-state index in [1.165, 1.54) is 18.9 Å². The molecule has 2 aliphatic heterocycles.